The van der Waals surface area contributed by atoms with Gasteiger partial charge in [-0.25, -0.2) is 5.48 Å². The molecule has 1 heterocycles. The second-order valence-corrected chi connectivity index (χ2v) is 8.70. The van der Waals surface area contributed by atoms with Crippen LogP contribution < -0.4 is 16.1 Å². The molecule has 0 bridgehead atoms. The van der Waals surface area contributed by atoms with Crippen molar-refractivity contribution in [2.45, 2.75) is 51.4 Å². The average Bonchev–Trinajstić information content (AvgIpc) is 2.70. The molecule has 156 valence electrons. The molecule has 1 aliphatic heterocycles. The summed E-state index contributed by atoms with van der Waals surface area (Å²) < 4.78 is 0. The summed E-state index contributed by atoms with van der Waals surface area (Å²) in [7, 11) is 0. The molecule has 1 aliphatic carbocycles. The Morgan fingerprint density at radius 1 is 1.24 bits per heavy atom. The fourth-order valence-corrected chi connectivity index (χ4v) is 4.23. The van der Waals surface area contributed by atoms with Gasteiger partial charge in [-0.3, -0.25) is 19.6 Å². The summed E-state index contributed by atoms with van der Waals surface area (Å²) >= 11 is 0. The molecular formula is C22H29N3O4. The summed E-state index contributed by atoms with van der Waals surface area (Å²) in [6.45, 7) is 4.66. The molecular weight excluding hydrogens is 370 g/mol. The van der Waals surface area contributed by atoms with E-state index < -0.39 is 5.91 Å². The highest BCUT2D eigenvalue weighted by Gasteiger charge is 2.32. The Labute approximate surface area is 170 Å². The molecule has 0 unspecified atom stereocenters. The van der Waals surface area contributed by atoms with Crippen LogP contribution in [-0.4, -0.2) is 29.5 Å². The van der Waals surface area contributed by atoms with Gasteiger partial charge in [0.05, 0.1) is 0 Å². The smallest absolute Gasteiger partial charge is 0.267 e. The number of hydrogen-bond donors (Lipinski definition) is 4. The molecule has 29 heavy (non-hydrogen) atoms. The first-order chi connectivity index (χ1) is 13.8. The Balaban J connectivity index is 1.53. The van der Waals surface area contributed by atoms with Gasteiger partial charge in [-0.05, 0) is 61.3 Å². The molecule has 1 fully saturated rings. The topological polar surface area (TPSA) is 108 Å². The molecule has 7 heteroatoms. The molecule has 0 atom stereocenters. The van der Waals surface area contributed by atoms with Crippen molar-refractivity contribution in [2.24, 2.45) is 11.8 Å². The van der Waals surface area contributed by atoms with E-state index in [2.05, 4.69) is 10.6 Å². The van der Waals surface area contributed by atoms with E-state index in [9.17, 15) is 14.4 Å². The number of hydroxylamine groups is 1. The number of carbonyl (C=O) groups excluding carboxylic acids is 3. The normalized spacial score (nSPS) is 23.2. The van der Waals surface area contributed by atoms with Crippen molar-refractivity contribution < 1.29 is 19.6 Å². The third-order valence-corrected chi connectivity index (χ3v) is 5.96. The monoisotopic (exact) mass is 399 g/mol. The van der Waals surface area contributed by atoms with Crippen LogP contribution in [0.3, 0.4) is 0 Å². The summed E-state index contributed by atoms with van der Waals surface area (Å²) in [4.78, 5) is 35.5. The summed E-state index contributed by atoms with van der Waals surface area (Å²) in [6.07, 6.45) is 7.51. The lowest BCUT2D eigenvalue weighted by molar-refractivity contribution is -0.124. The number of carbonyl (C=O) groups is 3. The van der Waals surface area contributed by atoms with Crippen LogP contribution in [0.1, 0.15) is 61.9 Å². The Kier molecular flexibility index (Phi) is 6.37. The summed E-state index contributed by atoms with van der Waals surface area (Å²) in [5.41, 5.74) is 3.68. The molecule has 3 rings (SSSR count). The van der Waals surface area contributed by atoms with Gasteiger partial charge in [0.2, 0.25) is 5.91 Å². The van der Waals surface area contributed by atoms with Gasteiger partial charge in [-0.2, -0.15) is 0 Å². The van der Waals surface area contributed by atoms with Crippen LogP contribution in [0.2, 0.25) is 0 Å². The van der Waals surface area contributed by atoms with E-state index in [1.807, 2.05) is 32.1 Å². The van der Waals surface area contributed by atoms with Gasteiger partial charge in [-0.15, -0.1) is 0 Å². The van der Waals surface area contributed by atoms with Crippen molar-refractivity contribution in [1.82, 2.24) is 10.8 Å². The van der Waals surface area contributed by atoms with Gasteiger partial charge >= 0.3 is 0 Å². The van der Waals surface area contributed by atoms with E-state index in [0.29, 0.717) is 30.4 Å². The van der Waals surface area contributed by atoms with Gasteiger partial charge in [0, 0.05) is 35.7 Å². The zero-order chi connectivity index (χ0) is 21.0. The van der Waals surface area contributed by atoms with Crippen LogP contribution >= 0.6 is 0 Å². The minimum absolute atomic E-state index is 0.00198. The first-order valence-electron chi connectivity index (χ1n) is 10.1. The maximum atomic E-state index is 12.6. The van der Waals surface area contributed by atoms with Crippen molar-refractivity contribution in [3.05, 3.63) is 41.5 Å². The molecule has 2 aliphatic rings. The maximum Gasteiger partial charge on any atom is 0.267 e. The van der Waals surface area contributed by atoms with Gasteiger partial charge in [0.15, 0.2) is 0 Å². The fraction of sp³-hybridized carbons (Fsp3) is 0.500. The molecule has 4 N–H and O–H groups in total. The summed E-state index contributed by atoms with van der Waals surface area (Å²) in [6, 6.07) is 5.45. The van der Waals surface area contributed by atoms with E-state index in [-0.39, 0.29) is 17.2 Å². The van der Waals surface area contributed by atoms with Crippen LogP contribution in [0.25, 0.3) is 0 Å². The quantitative estimate of drug-likeness (QED) is 0.347. The van der Waals surface area contributed by atoms with Crippen molar-refractivity contribution >= 4 is 23.4 Å². The Morgan fingerprint density at radius 2 is 1.97 bits per heavy atom. The third kappa shape index (κ3) is 5.23. The van der Waals surface area contributed by atoms with Crippen molar-refractivity contribution in [1.29, 1.82) is 0 Å². The number of allylic oxidation sites excluding steroid dienone is 1. The molecule has 0 saturated heterocycles. The predicted octanol–water partition coefficient (Wildman–Crippen LogP) is 2.90. The number of hydrogen-bond acceptors (Lipinski definition) is 4. The molecule has 7 nitrogen and oxygen atoms in total. The van der Waals surface area contributed by atoms with Gasteiger partial charge in [0.25, 0.3) is 11.8 Å². The van der Waals surface area contributed by atoms with Gasteiger partial charge in [-0.1, -0.05) is 19.9 Å². The first kappa shape index (κ1) is 21.0. The Bertz CT molecular complexity index is 823. The van der Waals surface area contributed by atoms with Crippen LogP contribution in [-0.2, 0) is 15.0 Å². The number of nitrogens with one attached hydrogen (secondary N) is 3. The van der Waals surface area contributed by atoms with E-state index >= 15 is 0 Å². The lowest BCUT2D eigenvalue weighted by atomic mass is 9.77. The summed E-state index contributed by atoms with van der Waals surface area (Å²) in [5, 5.41) is 14.4. The van der Waals surface area contributed by atoms with Crippen LogP contribution in [0.4, 0.5) is 5.69 Å². The van der Waals surface area contributed by atoms with Crippen LogP contribution in [0.15, 0.2) is 30.4 Å². The first-order valence-corrected chi connectivity index (χ1v) is 10.1. The zero-order valence-electron chi connectivity index (χ0n) is 17.0. The molecule has 0 spiro atoms. The molecule has 0 radical (unpaired) electrons. The average molecular weight is 399 g/mol. The number of anilines is 1. The summed E-state index contributed by atoms with van der Waals surface area (Å²) in [5.74, 6) is 0.150. The minimum atomic E-state index is -0.507. The molecule has 1 aromatic rings. The predicted molar refractivity (Wildman–Crippen MR) is 110 cm³/mol. The highest BCUT2D eigenvalue weighted by molar-refractivity contribution is 5.98. The van der Waals surface area contributed by atoms with E-state index in [1.165, 1.54) is 6.08 Å². The lowest BCUT2D eigenvalue weighted by Gasteiger charge is -2.32. The number of benzene rings is 1. The molecule has 0 aromatic heterocycles. The zero-order valence-corrected chi connectivity index (χ0v) is 17.0. The second kappa shape index (κ2) is 8.78. The number of rotatable bonds is 5. The standard InChI is InChI=1S/C22H29N3O4/c1-22(2)12-20(27)24-18-9-8-16(11-17(18)22)21(28)23-13-15-5-3-14(4-6-15)7-10-19(26)25-29/h7-11,14-15,29H,3-6,12-13H2,1-2H3,(H,23,28)(H,24,27)(H,25,26)/b10-7-. The lowest BCUT2D eigenvalue weighted by Crippen LogP contribution is -2.34. The molecule has 1 aromatic carbocycles. The van der Waals surface area contributed by atoms with E-state index in [1.54, 1.807) is 11.5 Å². The highest BCUT2D eigenvalue weighted by Crippen LogP contribution is 2.37. The van der Waals surface area contributed by atoms with E-state index in [0.717, 1.165) is 36.9 Å². The minimum Gasteiger partial charge on any atom is -0.352 e. The maximum absolute atomic E-state index is 12.6. The molecule has 3 amide bonds. The highest BCUT2D eigenvalue weighted by atomic mass is 16.5. The van der Waals surface area contributed by atoms with Gasteiger partial charge < -0.3 is 10.6 Å². The second-order valence-electron chi connectivity index (χ2n) is 8.70. The van der Waals surface area contributed by atoms with Crippen LogP contribution in [0.5, 0.6) is 0 Å². The van der Waals surface area contributed by atoms with Crippen molar-refractivity contribution in [2.75, 3.05) is 11.9 Å². The van der Waals surface area contributed by atoms with Crippen molar-refractivity contribution in [3.63, 3.8) is 0 Å². The Hall–Kier alpha value is -2.67. The third-order valence-electron chi connectivity index (χ3n) is 5.96. The Morgan fingerprint density at radius 3 is 2.66 bits per heavy atom. The number of amides is 3. The SMILES string of the molecule is CC1(C)CC(=O)Nc2ccc(C(=O)NCC3CCC(/C=C\C(=O)NO)CC3)cc21. The van der Waals surface area contributed by atoms with Crippen LogP contribution in [0, 0.1) is 11.8 Å². The largest absolute Gasteiger partial charge is 0.352 e. The van der Waals surface area contributed by atoms with Crippen molar-refractivity contribution in [3.8, 4) is 0 Å². The van der Waals surface area contributed by atoms with Gasteiger partial charge in [0.1, 0.15) is 0 Å². The number of fused-ring (bicyclic) bond motifs is 1. The molecule has 1 saturated carbocycles. The fourth-order valence-electron chi connectivity index (χ4n) is 4.23. The van der Waals surface area contributed by atoms with E-state index in [4.69, 9.17) is 5.21 Å².